The van der Waals surface area contributed by atoms with Crippen LogP contribution >= 0.6 is 11.3 Å². The van der Waals surface area contributed by atoms with E-state index in [1.54, 1.807) is 11.3 Å². The number of thiophene rings is 1. The average molecular weight is 295 g/mol. The Kier molecular flexibility index (Phi) is 7.00. The Labute approximate surface area is 128 Å². The molecular weight excluding hydrogens is 266 g/mol. The fourth-order valence-corrected chi connectivity index (χ4v) is 3.79. The zero-order chi connectivity index (χ0) is 14.2. The maximum absolute atomic E-state index is 3.57. The Hall–Kier alpha value is -0.420. The molecule has 0 aromatic carbocycles. The third-order valence-corrected chi connectivity index (χ3v) is 5.08. The quantitative estimate of drug-likeness (QED) is 0.705. The molecular formula is C16H29N3S. The summed E-state index contributed by atoms with van der Waals surface area (Å²) in [5.41, 5.74) is 1.46. The van der Waals surface area contributed by atoms with Gasteiger partial charge in [-0.3, -0.25) is 4.90 Å². The molecule has 2 heterocycles. The molecule has 1 N–H and O–H groups in total. The SMILES string of the molecule is CCN(CC)C1CCN(CCNCCc2ccsc2)C1. The van der Waals surface area contributed by atoms with E-state index >= 15 is 0 Å². The summed E-state index contributed by atoms with van der Waals surface area (Å²) < 4.78 is 0. The topological polar surface area (TPSA) is 18.5 Å². The second kappa shape index (κ2) is 8.78. The highest BCUT2D eigenvalue weighted by molar-refractivity contribution is 7.07. The first-order valence-corrected chi connectivity index (χ1v) is 8.96. The molecule has 0 amide bonds. The van der Waals surface area contributed by atoms with E-state index in [2.05, 4.69) is 45.8 Å². The van der Waals surface area contributed by atoms with Crippen LogP contribution in [0.2, 0.25) is 0 Å². The van der Waals surface area contributed by atoms with Gasteiger partial charge in [0.15, 0.2) is 0 Å². The lowest BCUT2D eigenvalue weighted by Gasteiger charge is -2.26. The predicted octanol–water partition coefficient (Wildman–Crippen LogP) is 2.30. The number of rotatable bonds is 9. The number of likely N-dealkylation sites (N-methyl/N-ethyl adjacent to an activating group) is 1. The fourth-order valence-electron chi connectivity index (χ4n) is 3.08. The van der Waals surface area contributed by atoms with E-state index in [0.29, 0.717) is 0 Å². The van der Waals surface area contributed by atoms with E-state index < -0.39 is 0 Å². The number of nitrogens with one attached hydrogen (secondary N) is 1. The Morgan fingerprint density at radius 2 is 2.20 bits per heavy atom. The van der Waals surface area contributed by atoms with Crippen LogP contribution in [0.1, 0.15) is 25.8 Å². The van der Waals surface area contributed by atoms with E-state index in [1.165, 1.54) is 44.7 Å². The van der Waals surface area contributed by atoms with Crippen LogP contribution in [0, 0.1) is 0 Å². The molecule has 1 atom stereocenters. The van der Waals surface area contributed by atoms with Crippen molar-refractivity contribution in [2.24, 2.45) is 0 Å². The van der Waals surface area contributed by atoms with Gasteiger partial charge < -0.3 is 10.2 Å². The minimum atomic E-state index is 0.788. The van der Waals surface area contributed by atoms with Crippen molar-refractivity contribution in [3.05, 3.63) is 22.4 Å². The highest BCUT2D eigenvalue weighted by Gasteiger charge is 2.25. The average Bonchev–Trinajstić information content (AvgIpc) is 3.12. The second-order valence-electron chi connectivity index (χ2n) is 5.60. The smallest absolute Gasteiger partial charge is 0.0235 e. The summed E-state index contributed by atoms with van der Waals surface area (Å²) in [5, 5.41) is 7.98. The van der Waals surface area contributed by atoms with E-state index in [0.717, 1.165) is 25.6 Å². The van der Waals surface area contributed by atoms with Gasteiger partial charge in [-0.05, 0) is 61.4 Å². The highest BCUT2D eigenvalue weighted by Crippen LogP contribution is 2.14. The molecule has 4 heteroatoms. The van der Waals surface area contributed by atoms with Crippen molar-refractivity contribution in [1.82, 2.24) is 15.1 Å². The van der Waals surface area contributed by atoms with E-state index in [4.69, 9.17) is 0 Å². The first kappa shape index (κ1) is 16.0. The molecule has 0 radical (unpaired) electrons. The zero-order valence-electron chi connectivity index (χ0n) is 13.0. The Morgan fingerprint density at radius 3 is 2.90 bits per heavy atom. The van der Waals surface area contributed by atoms with Crippen LogP contribution < -0.4 is 5.32 Å². The molecule has 1 saturated heterocycles. The van der Waals surface area contributed by atoms with Gasteiger partial charge in [-0.2, -0.15) is 11.3 Å². The normalized spacial score (nSPS) is 20.1. The van der Waals surface area contributed by atoms with E-state index in [-0.39, 0.29) is 0 Å². The molecule has 0 spiro atoms. The second-order valence-corrected chi connectivity index (χ2v) is 6.38. The summed E-state index contributed by atoms with van der Waals surface area (Å²) in [6, 6.07) is 3.01. The summed E-state index contributed by atoms with van der Waals surface area (Å²) in [6.45, 7) is 12.9. The van der Waals surface area contributed by atoms with Crippen molar-refractivity contribution >= 4 is 11.3 Å². The van der Waals surface area contributed by atoms with Crippen molar-refractivity contribution in [3.63, 3.8) is 0 Å². The third kappa shape index (κ3) is 4.85. The molecule has 1 aromatic rings. The summed E-state index contributed by atoms with van der Waals surface area (Å²) in [7, 11) is 0. The van der Waals surface area contributed by atoms with E-state index in [9.17, 15) is 0 Å². The number of nitrogens with zero attached hydrogens (tertiary/aromatic N) is 2. The van der Waals surface area contributed by atoms with Crippen LogP contribution in [-0.4, -0.2) is 61.7 Å². The van der Waals surface area contributed by atoms with Gasteiger partial charge in [0, 0.05) is 25.7 Å². The minimum absolute atomic E-state index is 0.788. The van der Waals surface area contributed by atoms with Crippen molar-refractivity contribution in [3.8, 4) is 0 Å². The monoisotopic (exact) mass is 295 g/mol. The van der Waals surface area contributed by atoms with Crippen LogP contribution in [0.3, 0.4) is 0 Å². The van der Waals surface area contributed by atoms with Gasteiger partial charge in [-0.15, -0.1) is 0 Å². The zero-order valence-corrected chi connectivity index (χ0v) is 13.8. The van der Waals surface area contributed by atoms with Gasteiger partial charge in [0.2, 0.25) is 0 Å². The van der Waals surface area contributed by atoms with Crippen LogP contribution in [0.5, 0.6) is 0 Å². The van der Waals surface area contributed by atoms with Crippen LogP contribution in [-0.2, 0) is 6.42 Å². The van der Waals surface area contributed by atoms with Gasteiger partial charge >= 0.3 is 0 Å². The molecule has 0 bridgehead atoms. The lowest BCUT2D eigenvalue weighted by molar-refractivity contribution is 0.211. The Balaban J connectivity index is 1.54. The highest BCUT2D eigenvalue weighted by atomic mass is 32.1. The summed E-state index contributed by atoms with van der Waals surface area (Å²) >= 11 is 1.79. The van der Waals surface area contributed by atoms with Crippen LogP contribution in [0.25, 0.3) is 0 Å². The standard InChI is InChI=1S/C16H29N3S/c1-3-19(4-2)16-6-10-18(13-16)11-9-17-8-5-15-7-12-20-14-15/h7,12,14,16-17H,3-6,8-11,13H2,1-2H3. The van der Waals surface area contributed by atoms with Gasteiger partial charge in [0.25, 0.3) is 0 Å². The first-order valence-electron chi connectivity index (χ1n) is 8.01. The largest absolute Gasteiger partial charge is 0.315 e. The van der Waals surface area contributed by atoms with Crippen LogP contribution in [0.4, 0.5) is 0 Å². The fraction of sp³-hybridized carbons (Fsp3) is 0.750. The third-order valence-electron chi connectivity index (χ3n) is 4.35. The molecule has 0 aliphatic carbocycles. The van der Waals surface area contributed by atoms with E-state index in [1.807, 2.05) is 0 Å². The van der Waals surface area contributed by atoms with Crippen molar-refractivity contribution in [2.75, 3.05) is 45.8 Å². The summed E-state index contributed by atoms with van der Waals surface area (Å²) in [6.07, 6.45) is 2.50. The number of hydrogen-bond donors (Lipinski definition) is 1. The summed E-state index contributed by atoms with van der Waals surface area (Å²) in [5.74, 6) is 0. The molecule has 1 fully saturated rings. The number of hydrogen-bond acceptors (Lipinski definition) is 4. The molecule has 20 heavy (non-hydrogen) atoms. The van der Waals surface area contributed by atoms with Gasteiger partial charge in [-0.25, -0.2) is 0 Å². The molecule has 1 aliphatic rings. The maximum Gasteiger partial charge on any atom is 0.0235 e. The predicted molar refractivity (Wildman–Crippen MR) is 88.7 cm³/mol. The van der Waals surface area contributed by atoms with Crippen molar-refractivity contribution in [1.29, 1.82) is 0 Å². The van der Waals surface area contributed by atoms with Crippen LogP contribution in [0.15, 0.2) is 16.8 Å². The van der Waals surface area contributed by atoms with Gasteiger partial charge in [0.05, 0.1) is 0 Å². The molecule has 114 valence electrons. The van der Waals surface area contributed by atoms with Crippen molar-refractivity contribution in [2.45, 2.75) is 32.7 Å². The molecule has 1 aliphatic heterocycles. The molecule has 0 saturated carbocycles. The Morgan fingerprint density at radius 1 is 1.35 bits per heavy atom. The lowest BCUT2D eigenvalue weighted by atomic mass is 10.2. The molecule has 3 nitrogen and oxygen atoms in total. The summed E-state index contributed by atoms with van der Waals surface area (Å²) in [4.78, 5) is 5.21. The number of likely N-dealkylation sites (tertiary alicyclic amines) is 1. The molecule has 1 aromatic heterocycles. The van der Waals surface area contributed by atoms with Gasteiger partial charge in [0.1, 0.15) is 0 Å². The molecule has 1 unspecified atom stereocenters. The Bertz CT molecular complexity index is 349. The van der Waals surface area contributed by atoms with Crippen molar-refractivity contribution < 1.29 is 0 Å². The first-order chi connectivity index (χ1) is 9.83. The maximum atomic E-state index is 3.57. The lowest BCUT2D eigenvalue weighted by Crippen LogP contribution is -2.38. The minimum Gasteiger partial charge on any atom is -0.315 e. The van der Waals surface area contributed by atoms with Gasteiger partial charge in [-0.1, -0.05) is 13.8 Å². The molecule has 2 rings (SSSR count).